The molecule has 0 fully saturated rings. The Morgan fingerprint density at radius 3 is 2.67 bits per heavy atom. The van der Waals surface area contributed by atoms with Gasteiger partial charge in [0.1, 0.15) is 0 Å². The summed E-state index contributed by atoms with van der Waals surface area (Å²) in [5.74, 6) is 0. The van der Waals surface area contributed by atoms with Crippen LogP contribution in [0.25, 0.3) is 0 Å². The number of nitrogens with two attached hydrogens (primary N) is 1. The first-order chi connectivity index (χ1) is 8.38. The van der Waals surface area contributed by atoms with Crippen molar-refractivity contribution in [2.24, 2.45) is 5.73 Å². The first-order valence-corrected chi connectivity index (χ1v) is 7.30. The van der Waals surface area contributed by atoms with Gasteiger partial charge in [-0.15, -0.1) is 0 Å². The van der Waals surface area contributed by atoms with E-state index in [1.165, 1.54) is 12.1 Å². The Kier molecular flexibility index (Phi) is 5.20. The van der Waals surface area contributed by atoms with Gasteiger partial charge in [0.05, 0.1) is 4.92 Å². The molecule has 0 amide bonds. The summed E-state index contributed by atoms with van der Waals surface area (Å²) in [7, 11) is -3.91. The summed E-state index contributed by atoms with van der Waals surface area (Å²) in [6.45, 7) is 0.478. The van der Waals surface area contributed by atoms with E-state index in [1.807, 2.05) is 0 Å². The number of hydrogen-bond acceptors (Lipinski definition) is 5. The van der Waals surface area contributed by atoms with Crippen LogP contribution < -0.4 is 10.5 Å². The molecule has 9 heteroatoms. The number of nitro groups is 1. The van der Waals surface area contributed by atoms with E-state index in [0.717, 1.165) is 6.07 Å². The Morgan fingerprint density at radius 1 is 1.44 bits per heavy atom. The van der Waals surface area contributed by atoms with Crippen molar-refractivity contribution in [3.05, 3.63) is 32.8 Å². The maximum Gasteiger partial charge on any atom is 0.289 e. The van der Waals surface area contributed by atoms with Crippen molar-refractivity contribution in [3.8, 4) is 0 Å². The summed E-state index contributed by atoms with van der Waals surface area (Å²) in [6.07, 6.45) is 0.459. The summed E-state index contributed by atoms with van der Waals surface area (Å²) in [6, 6.07) is 3.75. The van der Waals surface area contributed by atoms with Crippen LogP contribution >= 0.6 is 15.9 Å². The predicted octanol–water partition coefficient (Wildman–Crippen LogP) is 0.984. The predicted molar refractivity (Wildman–Crippen MR) is 69.7 cm³/mol. The zero-order valence-electron chi connectivity index (χ0n) is 9.30. The molecule has 0 aliphatic heterocycles. The topological polar surface area (TPSA) is 115 Å². The third kappa shape index (κ3) is 3.73. The van der Waals surface area contributed by atoms with Gasteiger partial charge < -0.3 is 5.73 Å². The molecule has 0 unspecified atom stereocenters. The zero-order valence-corrected chi connectivity index (χ0v) is 11.7. The van der Waals surface area contributed by atoms with Gasteiger partial charge in [0.25, 0.3) is 5.69 Å². The quantitative estimate of drug-likeness (QED) is 0.456. The smallest absolute Gasteiger partial charge is 0.289 e. The molecule has 0 spiro atoms. The highest BCUT2D eigenvalue weighted by Gasteiger charge is 2.25. The second-order valence-corrected chi connectivity index (χ2v) is 6.06. The van der Waals surface area contributed by atoms with Crippen LogP contribution in [0.3, 0.4) is 0 Å². The number of hydrogen-bond donors (Lipinski definition) is 2. The largest absolute Gasteiger partial charge is 0.330 e. The van der Waals surface area contributed by atoms with E-state index < -0.39 is 20.6 Å². The minimum Gasteiger partial charge on any atom is -0.330 e. The van der Waals surface area contributed by atoms with Crippen LogP contribution in [0.5, 0.6) is 0 Å². The lowest BCUT2D eigenvalue weighted by atomic mass is 10.3. The Bertz CT molecular complexity index is 547. The van der Waals surface area contributed by atoms with E-state index in [2.05, 4.69) is 20.7 Å². The van der Waals surface area contributed by atoms with Crippen molar-refractivity contribution < 1.29 is 13.3 Å². The van der Waals surface area contributed by atoms with E-state index in [1.54, 1.807) is 0 Å². The van der Waals surface area contributed by atoms with E-state index in [-0.39, 0.29) is 11.4 Å². The van der Waals surface area contributed by atoms with Gasteiger partial charge in [0.15, 0.2) is 4.90 Å². The molecule has 18 heavy (non-hydrogen) atoms. The molecule has 100 valence electrons. The van der Waals surface area contributed by atoms with Gasteiger partial charge in [-0.25, -0.2) is 13.1 Å². The van der Waals surface area contributed by atoms with Crippen LogP contribution in [0.15, 0.2) is 27.6 Å². The first-order valence-electron chi connectivity index (χ1n) is 5.02. The molecule has 3 N–H and O–H groups in total. The van der Waals surface area contributed by atoms with Crippen molar-refractivity contribution in [2.45, 2.75) is 11.3 Å². The van der Waals surface area contributed by atoms with Gasteiger partial charge in [-0.2, -0.15) is 0 Å². The van der Waals surface area contributed by atoms with Crippen LogP contribution in [0.4, 0.5) is 5.69 Å². The summed E-state index contributed by atoms with van der Waals surface area (Å²) in [4.78, 5) is 9.69. The molecular formula is C9H12BrN3O4S. The number of benzene rings is 1. The first kappa shape index (κ1) is 15.0. The Morgan fingerprint density at radius 2 is 2.11 bits per heavy atom. The molecule has 1 aromatic carbocycles. The molecule has 0 saturated heterocycles. The van der Waals surface area contributed by atoms with E-state index >= 15 is 0 Å². The van der Waals surface area contributed by atoms with E-state index in [4.69, 9.17) is 5.73 Å². The third-order valence-electron chi connectivity index (χ3n) is 2.08. The summed E-state index contributed by atoms with van der Waals surface area (Å²) < 4.78 is 26.5. The number of rotatable bonds is 6. The molecule has 0 radical (unpaired) electrons. The monoisotopic (exact) mass is 337 g/mol. The number of halogens is 1. The maximum atomic E-state index is 11.9. The van der Waals surface area contributed by atoms with Gasteiger partial charge in [-0.3, -0.25) is 10.1 Å². The highest BCUT2D eigenvalue weighted by atomic mass is 79.9. The van der Waals surface area contributed by atoms with Gasteiger partial charge in [0.2, 0.25) is 10.0 Å². The molecule has 0 heterocycles. The summed E-state index contributed by atoms with van der Waals surface area (Å²) >= 11 is 3.08. The van der Waals surface area contributed by atoms with Crippen LogP contribution in [0.1, 0.15) is 6.42 Å². The van der Waals surface area contributed by atoms with Crippen LogP contribution in [-0.2, 0) is 10.0 Å². The van der Waals surface area contributed by atoms with Crippen molar-refractivity contribution in [1.82, 2.24) is 4.72 Å². The molecular weight excluding hydrogens is 326 g/mol. The molecule has 0 aromatic heterocycles. The SMILES string of the molecule is NCCCNS(=O)(=O)c1cc(Br)ccc1[N+](=O)[O-]. The maximum absolute atomic E-state index is 11.9. The fourth-order valence-electron chi connectivity index (χ4n) is 1.24. The lowest BCUT2D eigenvalue weighted by Crippen LogP contribution is -2.26. The van der Waals surface area contributed by atoms with Gasteiger partial charge in [0, 0.05) is 17.1 Å². The molecule has 0 bridgehead atoms. The molecule has 0 aliphatic carbocycles. The molecule has 1 aromatic rings. The average Bonchev–Trinajstić information content (AvgIpc) is 2.28. The number of nitrogens with one attached hydrogen (secondary N) is 1. The zero-order chi connectivity index (χ0) is 13.8. The number of nitro benzene ring substituents is 1. The standard InChI is InChI=1S/C9H12BrN3O4S/c10-7-2-3-8(13(14)15)9(6-7)18(16,17)12-5-1-4-11/h2-3,6,12H,1,4-5,11H2. The lowest BCUT2D eigenvalue weighted by Gasteiger charge is -2.07. The fraction of sp³-hybridized carbons (Fsp3) is 0.333. The van der Waals surface area contributed by atoms with Crippen molar-refractivity contribution >= 4 is 31.6 Å². The van der Waals surface area contributed by atoms with Gasteiger partial charge >= 0.3 is 0 Å². The number of sulfonamides is 1. The molecule has 0 saturated carbocycles. The molecule has 7 nitrogen and oxygen atoms in total. The average molecular weight is 338 g/mol. The van der Waals surface area contributed by atoms with Crippen LogP contribution in [-0.4, -0.2) is 26.4 Å². The van der Waals surface area contributed by atoms with E-state index in [9.17, 15) is 18.5 Å². The summed E-state index contributed by atoms with van der Waals surface area (Å²) in [5.41, 5.74) is 4.79. The Labute approximate surface area is 113 Å². The Balaban J connectivity index is 3.14. The number of nitrogens with zero attached hydrogens (tertiary/aromatic N) is 1. The van der Waals surface area contributed by atoms with Gasteiger partial charge in [-0.05, 0) is 25.1 Å². The molecule has 0 atom stereocenters. The minimum absolute atomic E-state index is 0.141. The lowest BCUT2D eigenvalue weighted by molar-refractivity contribution is -0.387. The van der Waals surface area contributed by atoms with Crippen molar-refractivity contribution in [2.75, 3.05) is 13.1 Å². The second-order valence-electron chi connectivity index (χ2n) is 3.41. The highest BCUT2D eigenvalue weighted by Crippen LogP contribution is 2.26. The fourth-order valence-corrected chi connectivity index (χ4v) is 3.02. The molecule has 1 rings (SSSR count). The van der Waals surface area contributed by atoms with Crippen molar-refractivity contribution in [1.29, 1.82) is 0 Å². The third-order valence-corrected chi connectivity index (χ3v) is 4.06. The van der Waals surface area contributed by atoms with Gasteiger partial charge in [-0.1, -0.05) is 15.9 Å². The molecule has 0 aliphatic rings. The van der Waals surface area contributed by atoms with Crippen molar-refractivity contribution in [3.63, 3.8) is 0 Å². The normalized spacial score (nSPS) is 11.4. The minimum atomic E-state index is -3.91. The highest BCUT2D eigenvalue weighted by molar-refractivity contribution is 9.10. The second kappa shape index (κ2) is 6.23. The Hall–Kier alpha value is -1.03. The summed E-state index contributed by atoms with van der Waals surface area (Å²) in [5, 5.41) is 10.8. The van der Waals surface area contributed by atoms with E-state index in [0.29, 0.717) is 17.4 Å². The van der Waals surface area contributed by atoms with Crippen LogP contribution in [0.2, 0.25) is 0 Å². The van der Waals surface area contributed by atoms with Crippen LogP contribution in [0, 0.1) is 10.1 Å².